The molecular weight excluding hydrogens is 224 g/mol. The Morgan fingerprint density at radius 3 is 2.94 bits per heavy atom. The third kappa shape index (κ3) is 1.62. The van der Waals surface area contributed by atoms with Gasteiger partial charge in [-0.25, -0.2) is 0 Å². The molecule has 0 saturated heterocycles. The summed E-state index contributed by atoms with van der Waals surface area (Å²) in [5.74, 6) is 0. The quantitative estimate of drug-likeness (QED) is 0.657. The number of benzene rings is 1. The number of fused-ring (bicyclic) bond motifs is 1. The Bertz CT molecular complexity index is 678. The number of hydrogen-bond acceptors (Lipinski definition) is 2. The van der Waals surface area contributed by atoms with Gasteiger partial charge in [0.1, 0.15) is 0 Å². The van der Waals surface area contributed by atoms with Gasteiger partial charge in [0.05, 0.1) is 5.69 Å². The zero-order valence-corrected chi connectivity index (χ0v) is 10.3. The maximum Gasteiger partial charge on any atom is 0.0716 e. The molecule has 2 heterocycles. The number of nitrogens with two attached hydrogens (primary N) is 1. The predicted molar refractivity (Wildman–Crippen MR) is 73.4 cm³/mol. The van der Waals surface area contributed by atoms with E-state index < -0.39 is 0 Å². The molecule has 0 fully saturated rings. The van der Waals surface area contributed by atoms with Crippen molar-refractivity contribution in [3.8, 4) is 11.1 Å². The van der Waals surface area contributed by atoms with Crippen LogP contribution in [0.3, 0.4) is 0 Å². The van der Waals surface area contributed by atoms with Gasteiger partial charge in [0, 0.05) is 40.3 Å². The molecule has 3 aromatic rings. The second-order valence-electron chi connectivity index (χ2n) is 4.46. The van der Waals surface area contributed by atoms with E-state index in [4.69, 9.17) is 5.73 Å². The SMILES string of the molecule is Cc1[nH]nc(CCN)c1-c1c[nH]c2ccccc12. The number of nitrogens with one attached hydrogen (secondary N) is 2. The van der Waals surface area contributed by atoms with E-state index >= 15 is 0 Å². The van der Waals surface area contributed by atoms with Crippen LogP contribution in [0.4, 0.5) is 0 Å². The minimum atomic E-state index is 0.611. The Hall–Kier alpha value is -2.07. The van der Waals surface area contributed by atoms with Crippen molar-refractivity contribution in [2.75, 3.05) is 6.54 Å². The van der Waals surface area contributed by atoms with Crippen LogP contribution in [0, 0.1) is 6.92 Å². The summed E-state index contributed by atoms with van der Waals surface area (Å²) in [6, 6.07) is 8.29. The molecule has 0 saturated carbocycles. The van der Waals surface area contributed by atoms with E-state index in [-0.39, 0.29) is 0 Å². The lowest BCUT2D eigenvalue weighted by atomic mass is 10.0. The second kappa shape index (κ2) is 4.31. The highest BCUT2D eigenvalue weighted by Gasteiger charge is 2.15. The Morgan fingerprint density at radius 1 is 1.28 bits per heavy atom. The van der Waals surface area contributed by atoms with Crippen LogP contribution < -0.4 is 5.73 Å². The van der Waals surface area contributed by atoms with Crippen molar-refractivity contribution >= 4 is 10.9 Å². The first-order chi connectivity index (χ1) is 8.81. The van der Waals surface area contributed by atoms with Crippen LogP contribution in [0.15, 0.2) is 30.5 Å². The zero-order valence-electron chi connectivity index (χ0n) is 10.3. The molecule has 1 aromatic carbocycles. The third-order valence-electron chi connectivity index (χ3n) is 3.26. The van der Waals surface area contributed by atoms with E-state index in [0.717, 1.165) is 23.3 Å². The molecule has 92 valence electrons. The van der Waals surface area contributed by atoms with Crippen molar-refractivity contribution in [3.05, 3.63) is 41.9 Å². The number of aromatic nitrogens is 3. The maximum absolute atomic E-state index is 5.64. The van der Waals surface area contributed by atoms with Gasteiger partial charge in [-0.1, -0.05) is 18.2 Å². The van der Waals surface area contributed by atoms with Crippen LogP contribution in [-0.4, -0.2) is 21.7 Å². The third-order valence-corrected chi connectivity index (χ3v) is 3.26. The predicted octanol–water partition coefficient (Wildman–Crippen LogP) is 2.37. The summed E-state index contributed by atoms with van der Waals surface area (Å²) in [6.45, 7) is 2.66. The standard InChI is InChI=1S/C14H16N4/c1-9-14(13(6-7-15)18-17-9)11-8-16-12-5-3-2-4-10(11)12/h2-5,8,16H,6-7,15H2,1H3,(H,17,18). The first-order valence-electron chi connectivity index (χ1n) is 6.11. The molecule has 0 aliphatic carbocycles. The molecule has 0 aliphatic rings. The maximum atomic E-state index is 5.64. The van der Waals surface area contributed by atoms with Gasteiger partial charge in [0.25, 0.3) is 0 Å². The van der Waals surface area contributed by atoms with Gasteiger partial charge in [0.2, 0.25) is 0 Å². The highest BCUT2D eigenvalue weighted by atomic mass is 15.1. The van der Waals surface area contributed by atoms with Crippen LogP contribution in [0.25, 0.3) is 22.0 Å². The molecule has 0 aliphatic heterocycles. The molecule has 0 radical (unpaired) electrons. The molecule has 4 heteroatoms. The summed E-state index contributed by atoms with van der Waals surface area (Å²) in [5, 5.41) is 8.63. The number of rotatable bonds is 3. The summed E-state index contributed by atoms with van der Waals surface area (Å²) >= 11 is 0. The molecular formula is C14H16N4. The highest BCUT2D eigenvalue weighted by Crippen LogP contribution is 2.32. The lowest BCUT2D eigenvalue weighted by Crippen LogP contribution is -2.04. The van der Waals surface area contributed by atoms with E-state index in [1.54, 1.807) is 0 Å². The first kappa shape index (κ1) is 11.0. The van der Waals surface area contributed by atoms with E-state index in [2.05, 4.69) is 33.4 Å². The molecule has 0 atom stereocenters. The van der Waals surface area contributed by atoms with Crippen LogP contribution in [0.1, 0.15) is 11.4 Å². The minimum absolute atomic E-state index is 0.611. The van der Waals surface area contributed by atoms with Crippen LogP contribution in [0.2, 0.25) is 0 Å². The lowest BCUT2D eigenvalue weighted by Gasteiger charge is -2.01. The van der Waals surface area contributed by atoms with Crippen LogP contribution >= 0.6 is 0 Å². The van der Waals surface area contributed by atoms with E-state index in [9.17, 15) is 0 Å². The number of H-pyrrole nitrogens is 2. The highest BCUT2D eigenvalue weighted by molar-refractivity contribution is 5.96. The molecule has 0 bridgehead atoms. The van der Waals surface area contributed by atoms with E-state index in [1.165, 1.54) is 16.5 Å². The number of hydrogen-bond donors (Lipinski definition) is 3. The fourth-order valence-corrected chi connectivity index (χ4v) is 2.43. The average molecular weight is 240 g/mol. The number of nitrogens with zero attached hydrogens (tertiary/aromatic N) is 1. The van der Waals surface area contributed by atoms with Crippen molar-refractivity contribution < 1.29 is 0 Å². The molecule has 0 amide bonds. The van der Waals surface area contributed by atoms with Crippen LogP contribution in [-0.2, 0) is 6.42 Å². The minimum Gasteiger partial charge on any atom is -0.361 e. The van der Waals surface area contributed by atoms with Crippen molar-refractivity contribution in [1.82, 2.24) is 15.2 Å². The number of para-hydroxylation sites is 1. The van der Waals surface area contributed by atoms with Crippen LogP contribution in [0.5, 0.6) is 0 Å². The molecule has 3 rings (SSSR count). The molecule has 0 unspecified atom stereocenters. The second-order valence-corrected chi connectivity index (χ2v) is 4.46. The summed E-state index contributed by atoms with van der Waals surface area (Å²) in [4.78, 5) is 3.30. The van der Waals surface area contributed by atoms with Gasteiger partial charge < -0.3 is 10.7 Å². The average Bonchev–Trinajstić information content (AvgIpc) is 2.94. The Morgan fingerprint density at radius 2 is 2.11 bits per heavy atom. The van der Waals surface area contributed by atoms with Crippen molar-refractivity contribution in [1.29, 1.82) is 0 Å². The smallest absolute Gasteiger partial charge is 0.0716 e. The summed E-state index contributed by atoms with van der Waals surface area (Å²) in [6.07, 6.45) is 2.84. The molecule has 18 heavy (non-hydrogen) atoms. The molecule has 4 N–H and O–H groups in total. The van der Waals surface area contributed by atoms with E-state index in [0.29, 0.717) is 6.54 Å². The van der Waals surface area contributed by atoms with Gasteiger partial charge >= 0.3 is 0 Å². The van der Waals surface area contributed by atoms with Gasteiger partial charge in [-0.15, -0.1) is 0 Å². The fourth-order valence-electron chi connectivity index (χ4n) is 2.43. The largest absolute Gasteiger partial charge is 0.361 e. The normalized spacial score (nSPS) is 11.2. The molecule has 4 nitrogen and oxygen atoms in total. The number of aryl methyl sites for hydroxylation is 1. The summed E-state index contributed by atoms with van der Waals surface area (Å²) in [7, 11) is 0. The van der Waals surface area contributed by atoms with Crippen molar-refractivity contribution in [2.45, 2.75) is 13.3 Å². The Labute approximate surface area is 105 Å². The van der Waals surface area contributed by atoms with Gasteiger partial charge in [-0.2, -0.15) is 5.10 Å². The summed E-state index contributed by atoms with van der Waals surface area (Å²) < 4.78 is 0. The molecule has 2 aromatic heterocycles. The van der Waals surface area contributed by atoms with Gasteiger partial charge in [-0.05, 0) is 19.5 Å². The zero-order chi connectivity index (χ0) is 12.5. The Balaban J connectivity index is 2.22. The monoisotopic (exact) mass is 240 g/mol. The van der Waals surface area contributed by atoms with Gasteiger partial charge in [0.15, 0.2) is 0 Å². The van der Waals surface area contributed by atoms with Crippen molar-refractivity contribution in [3.63, 3.8) is 0 Å². The topological polar surface area (TPSA) is 70.5 Å². The molecule has 0 spiro atoms. The van der Waals surface area contributed by atoms with Gasteiger partial charge in [-0.3, -0.25) is 5.10 Å². The lowest BCUT2D eigenvalue weighted by molar-refractivity contribution is 0.899. The first-order valence-corrected chi connectivity index (χ1v) is 6.11. The fraction of sp³-hybridized carbons (Fsp3) is 0.214. The summed E-state index contributed by atoms with van der Waals surface area (Å²) in [5.41, 5.74) is 11.3. The van der Waals surface area contributed by atoms with Crippen molar-refractivity contribution in [2.24, 2.45) is 5.73 Å². The Kier molecular flexibility index (Phi) is 2.64. The number of aromatic amines is 2. The van der Waals surface area contributed by atoms with E-state index in [1.807, 2.05) is 19.2 Å².